The smallest absolute Gasteiger partial charge is 0.328 e. The van der Waals surface area contributed by atoms with Crippen LogP contribution >= 0.6 is 24.8 Å². The summed E-state index contributed by atoms with van der Waals surface area (Å²) in [7, 11) is 0. The normalized spacial score (nSPS) is 11.3. The molecule has 0 amide bonds. The number of rotatable bonds is 5. The van der Waals surface area contributed by atoms with Crippen LogP contribution in [0.15, 0.2) is 48.5 Å². The van der Waals surface area contributed by atoms with Crippen molar-refractivity contribution in [3.8, 4) is 11.1 Å². The van der Waals surface area contributed by atoms with Crippen LogP contribution in [-0.2, 0) is 17.8 Å². The molecule has 0 atom stereocenters. The lowest BCUT2D eigenvalue weighted by Gasteiger charge is -2.23. The number of pyridine rings is 1. The highest BCUT2D eigenvalue weighted by Gasteiger charge is 2.20. The maximum absolute atomic E-state index is 10.9. The minimum Gasteiger partial charge on any atom is -0.478 e. The number of carboxylic acid groups (broad SMARTS) is 1. The van der Waals surface area contributed by atoms with E-state index in [4.69, 9.17) is 15.8 Å². The number of nitrogens with zero attached hydrogens (tertiary/aromatic N) is 1. The zero-order valence-electron chi connectivity index (χ0n) is 18.3. The summed E-state index contributed by atoms with van der Waals surface area (Å²) in [5.74, 6) is -0.967. The molecule has 31 heavy (non-hydrogen) atoms. The molecule has 0 aliphatic carbocycles. The molecule has 0 radical (unpaired) electrons. The number of aryl methyl sites for hydroxylation is 1. The van der Waals surface area contributed by atoms with E-state index in [2.05, 4.69) is 52.0 Å². The van der Waals surface area contributed by atoms with Crippen LogP contribution in [0, 0.1) is 12.3 Å². The first kappa shape index (κ1) is 26.6. The van der Waals surface area contributed by atoms with Gasteiger partial charge in [0, 0.05) is 23.7 Å². The third kappa shape index (κ3) is 6.54. The van der Waals surface area contributed by atoms with Crippen LogP contribution in [0.4, 0.5) is 0 Å². The van der Waals surface area contributed by atoms with Crippen LogP contribution in [-0.4, -0.2) is 16.1 Å². The second kappa shape index (κ2) is 10.8. The van der Waals surface area contributed by atoms with Gasteiger partial charge in [-0.1, -0.05) is 56.7 Å². The Labute approximate surface area is 196 Å². The highest BCUT2D eigenvalue weighted by Crippen LogP contribution is 2.36. The molecular weight excluding hydrogens is 431 g/mol. The van der Waals surface area contributed by atoms with Crippen molar-refractivity contribution in [3.05, 3.63) is 70.9 Å². The van der Waals surface area contributed by atoms with Crippen molar-refractivity contribution in [2.45, 2.75) is 40.7 Å². The molecule has 1 heterocycles. The summed E-state index contributed by atoms with van der Waals surface area (Å²) in [6, 6.07) is 14.3. The van der Waals surface area contributed by atoms with Crippen LogP contribution in [0.25, 0.3) is 28.1 Å². The summed E-state index contributed by atoms with van der Waals surface area (Å²) in [6.45, 7) is 9.06. The first-order valence-electron chi connectivity index (χ1n) is 9.81. The van der Waals surface area contributed by atoms with Gasteiger partial charge in [-0.25, -0.2) is 4.79 Å². The third-order valence-electron chi connectivity index (χ3n) is 4.86. The number of fused-ring (bicyclic) bond motifs is 1. The molecule has 0 fully saturated rings. The van der Waals surface area contributed by atoms with E-state index in [1.165, 1.54) is 5.56 Å². The molecular formula is C25H30Cl2N2O2. The Morgan fingerprint density at radius 3 is 2.29 bits per heavy atom. The van der Waals surface area contributed by atoms with Gasteiger partial charge in [-0.3, -0.25) is 4.98 Å². The Kier molecular flexibility index (Phi) is 9.25. The van der Waals surface area contributed by atoms with E-state index in [-0.39, 0.29) is 30.2 Å². The van der Waals surface area contributed by atoms with Crippen molar-refractivity contribution in [1.29, 1.82) is 0 Å². The van der Waals surface area contributed by atoms with E-state index in [0.29, 0.717) is 6.54 Å². The number of benzene rings is 2. The van der Waals surface area contributed by atoms with Crippen molar-refractivity contribution < 1.29 is 9.90 Å². The summed E-state index contributed by atoms with van der Waals surface area (Å²) >= 11 is 0. The number of hydrogen-bond acceptors (Lipinski definition) is 3. The molecule has 0 saturated carbocycles. The highest BCUT2D eigenvalue weighted by molar-refractivity contribution is 5.98. The standard InChI is InChI=1S/C25H28N2O2.2ClH/c1-16-5-9-18(10-6-16)24-19-13-17(8-12-23(28)29)7-11-21(19)27-22(20(24)15-26)14-25(2,3)4;;/h5-13H,14-15,26H2,1-4H3,(H,28,29);2*1H. The average Bonchev–Trinajstić information content (AvgIpc) is 2.65. The Hall–Kier alpha value is -2.40. The van der Waals surface area contributed by atoms with Crippen molar-refractivity contribution in [3.63, 3.8) is 0 Å². The highest BCUT2D eigenvalue weighted by atomic mass is 35.5. The minimum absolute atomic E-state index is 0. The Balaban J connectivity index is 0.00000240. The molecule has 1 aromatic heterocycles. The fourth-order valence-corrected chi connectivity index (χ4v) is 3.56. The van der Waals surface area contributed by atoms with Gasteiger partial charge in [-0.15, -0.1) is 24.8 Å². The first-order valence-corrected chi connectivity index (χ1v) is 9.81. The van der Waals surface area contributed by atoms with Gasteiger partial charge >= 0.3 is 5.97 Å². The molecule has 0 saturated heterocycles. The predicted octanol–water partition coefficient (Wildman–Crippen LogP) is 6.20. The van der Waals surface area contributed by atoms with Gasteiger partial charge < -0.3 is 10.8 Å². The van der Waals surface area contributed by atoms with Crippen LogP contribution in [0.3, 0.4) is 0 Å². The molecule has 0 aliphatic heterocycles. The van der Waals surface area contributed by atoms with Gasteiger partial charge in [0.2, 0.25) is 0 Å². The van der Waals surface area contributed by atoms with Gasteiger partial charge in [-0.2, -0.15) is 0 Å². The topological polar surface area (TPSA) is 76.2 Å². The molecule has 0 bridgehead atoms. The molecule has 6 heteroatoms. The maximum atomic E-state index is 10.9. The summed E-state index contributed by atoms with van der Waals surface area (Å²) < 4.78 is 0. The Morgan fingerprint density at radius 1 is 1.10 bits per heavy atom. The molecule has 2 aromatic carbocycles. The van der Waals surface area contributed by atoms with Crippen LogP contribution in [0.1, 0.15) is 43.2 Å². The fourth-order valence-electron chi connectivity index (χ4n) is 3.56. The third-order valence-corrected chi connectivity index (χ3v) is 4.86. The largest absolute Gasteiger partial charge is 0.478 e. The zero-order chi connectivity index (χ0) is 21.2. The lowest BCUT2D eigenvalue weighted by Crippen LogP contribution is -2.15. The molecule has 3 aromatic rings. The van der Waals surface area contributed by atoms with E-state index < -0.39 is 5.97 Å². The zero-order valence-corrected chi connectivity index (χ0v) is 19.9. The first-order chi connectivity index (χ1) is 13.7. The molecule has 0 aliphatic rings. The van der Waals surface area contributed by atoms with Crippen molar-refractivity contribution in [1.82, 2.24) is 4.98 Å². The van der Waals surface area contributed by atoms with E-state index >= 15 is 0 Å². The number of halogens is 2. The minimum atomic E-state index is -0.967. The molecule has 4 nitrogen and oxygen atoms in total. The van der Waals surface area contributed by atoms with E-state index in [9.17, 15) is 4.79 Å². The average molecular weight is 461 g/mol. The molecule has 3 rings (SSSR count). The lowest BCUT2D eigenvalue weighted by molar-refractivity contribution is -0.131. The summed E-state index contributed by atoms with van der Waals surface area (Å²) in [6.07, 6.45) is 3.58. The van der Waals surface area contributed by atoms with Crippen LogP contribution in [0.2, 0.25) is 0 Å². The van der Waals surface area contributed by atoms with Crippen molar-refractivity contribution in [2.75, 3.05) is 0 Å². The molecule has 166 valence electrons. The number of aliphatic carboxylic acids is 1. The second-order valence-electron chi connectivity index (χ2n) is 8.67. The van der Waals surface area contributed by atoms with E-state index in [1.807, 2.05) is 18.2 Å². The number of aromatic nitrogens is 1. The molecule has 0 unspecified atom stereocenters. The number of hydrogen-bond donors (Lipinski definition) is 2. The van der Waals surface area contributed by atoms with Crippen molar-refractivity contribution in [2.24, 2.45) is 11.1 Å². The SMILES string of the molecule is Cc1ccc(-c2c(CN)c(CC(C)(C)C)nc3ccc(C=CC(=O)O)cc23)cc1.Cl.Cl. The molecule has 0 spiro atoms. The Morgan fingerprint density at radius 2 is 1.74 bits per heavy atom. The van der Waals surface area contributed by atoms with Gasteiger partial charge in [0.1, 0.15) is 0 Å². The quantitative estimate of drug-likeness (QED) is 0.444. The van der Waals surface area contributed by atoms with Gasteiger partial charge in [-0.05, 0) is 59.2 Å². The van der Waals surface area contributed by atoms with Crippen molar-refractivity contribution >= 4 is 47.8 Å². The van der Waals surface area contributed by atoms with Gasteiger partial charge in [0.15, 0.2) is 0 Å². The van der Waals surface area contributed by atoms with Crippen LogP contribution < -0.4 is 5.73 Å². The molecule has 3 N–H and O–H groups in total. The summed E-state index contributed by atoms with van der Waals surface area (Å²) in [5, 5.41) is 9.94. The van der Waals surface area contributed by atoms with E-state index in [0.717, 1.165) is 51.3 Å². The predicted molar refractivity (Wildman–Crippen MR) is 134 cm³/mol. The fraction of sp³-hybridized carbons (Fsp3) is 0.280. The number of carbonyl (C=O) groups is 1. The monoisotopic (exact) mass is 460 g/mol. The Bertz CT molecular complexity index is 1090. The van der Waals surface area contributed by atoms with Gasteiger partial charge in [0.05, 0.1) is 5.52 Å². The lowest BCUT2D eigenvalue weighted by atomic mass is 9.85. The maximum Gasteiger partial charge on any atom is 0.328 e. The summed E-state index contributed by atoms with van der Waals surface area (Å²) in [4.78, 5) is 15.9. The summed E-state index contributed by atoms with van der Waals surface area (Å²) in [5.41, 5.74) is 13.5. The van der Waals surface area contributed by atoms with Gasteiger partial charge in [0.25, 0.3) is 0 Å². The number of nitrogens with two attached hydrogens (primary N) is 1. The second-order valence-corrected chi connectivity index (χ2v) is 8.67. The van der Waals surface area contributed by atoms with E-state index in [1.54, 1.807) is 6.08 Å². The van der Waals surface area contributed by atoms with Crippen LogP contribution in [0.5, 0.6) is 0 Å². The number of carboxylic acids is 1.